The lowest BCUT2D eigenvalue weighted by Gasteiger charge is -2.43. The van der Waals surface area contributed by atoms with Crippen LogP contribution < -0.4 is 10.2 Å². The average molecular weight is 459 g/mol. The number of fused-ring (bicyclic) bond motifs is 1. The van der Waals surface area contributed by atoms with E-state index in [1.165, 1.54) is 11.0 Å². The Kier molecular flexibility index (Phi) is 6.05. The van der Waals surface area contributed by atoms with Gasteiger partial charge in [-0.25, -0.2) is 8.78 Å². The summed E-state index contributed by atoms with van der Waals surface area (Å²) in [5.74, 6) is -2.52. The lowest BCUT2D eigenvalue weighted by Crippen LogP contribution is -2.65. The Morgan fingerprint density at radius 2 is 1.79 bits per heavy atom. The van der Waals surface area contributed by atoms with Crippen molar-refractivity contribution in [3.8, 4) is 0 Å². The Balaban J connectivity index is 1.78. The van der Waals surface area contributed by atoms with Gasteiger partial charge in [-0.3, -0.25) is 19.2 Å². The molecule has 6 nitrogen and oxygen atoms in total. The number of rotatable bonds is 3. The van der Waals surface area contributed by atoms with Gasteiger partial charge in [-0.1, -0.05) is 46.5 Å². The summed E-state index contributed by atoms with van der Waals surface area (Å²) < 4.78 is 30.1. The maximum Gasteiger partial charge on any atom is 0.277 e. The number of carbonyl (C=O) groups is 2. The molecule has 1 aliphatic carbocycles. The summed E-state index contributed by atoms with van der Waals surface area (Å²) in [5, 5.41) is 7.73. The first-order valence-corrected chi connectivity index (χ1v) is 11.7. The second kappa shape index (κ2) is 8.54. The number of carbonyl (C=O) groups excluding carboxylic acids is 2. The molecule has 1 aromatic carbocycles. The highest BCUT2D eigenvalue weighted by atomic mass is 19.1. The van der Waals surface area contributed by atoms with Crippen molar-refractivity contribution in [2.45, 2.75) is 89.8 Å². The monoisotopic (exact) mass is 458 g/mol. The number of aromatic nitrogens is 2. The summed E-state index contributed by atoms with van der Waals surface area (Å²) in [6, 6.07) is 4.76. The fourth-order valence-corrected chi connectivity index (χ4v) is 4.75. The lowest BCUT2D eigenvalue weighted by molar-refractivity contribution is -0.127. The fraction of sp³-hybridized carbons (Fsp3) is 0.560. The number of amides is 2. The van der Waals surface area contributed by atoms with Crippen LogP contribution in [0, 0.1) is 11.6 Å². The van der Waals surface area contributed by atoms with Gasteiger partial charge in [0.05, 0.1) is 17.9 Å². The molecule has 8 heteroatoms. The van der Waals surface area contributed by atoms with Gasteiger partial charge in [-0.2, -0.15) is 5.10 Å². The molecular weight excluding hydrogens is 426 g/mol. The molecule has 1 aromatic heterocycles. The van der Waals surface area contributed by atoms with Gasteiger partial charge < -0.3 is 5.32 Å². The van der Waals surface area contributed by atoms with Gasteiger partial charge >= 0.3 is 0 Å². The molecule has 178 valence electrons. The van der Waals surface area contributed by atoms with Crippen molar-refractivity contribution in [2.24, 2.45) is 0 Å². The molecule has 33 heavy (non-hydrogen) atoms. The normalized spacial score (nSPS) is 22.1. The number of nitrogens with zero attached hydrogens (tertiary/aromatic N) is 3. The number of halogens is 2. The highest BCUT2D eigenvalue weighted by Gasteiger charge is 2.50. The fourth-order valence-electron chi connectivity index (χ4n) is 4.75. The van der Waals surface area contributed by atoms with E-state index in [9.17, 15) is 18.4 Å². The van der Waals surface area contributed by atoms with Crippen molar-refractivity contribution in [1.29, 1.82) is 0 Å². The van der Waals surface area contributed by atoms with Crippen molar-refractivity contribution in [2.75, 3.05) is 4.90 Å². The second-order valence-electron chi connectivity index (χ2n) is 10.5. The highest BCUT2D eigenvalue weighted by molar-refractivity contribution is 6.12. The molecule has 1 fully saturated rings. The van der Waals surface area contributed by atoms with E-state index in [1.54, 1.807) is 17.7 Å². The minimum absolute atomic E-state index is 0.0102. The van der Waals surface area contributed by atoms with E-state index in [1.807, 2.05) is 20.8 Å². The zero-order valence-electron chi connectivity index (χ0n) is 19.8. The largest absolute Gasteiger partial charge is 0.351 e. The third kappa shape index (κ3) is 4.39. The summed E-state index contributed by atoms with van der Waals surface area (Å²) in [6.45, 7) is 7.66. The van der Waals surface area contributed by atoms with Gasteiger partial charge in [-0.15, -0.1) is 0 Å². The Bertz CT molecular complexity index is 1070. The number of hydrogen-bond donors (Lipinski definition) is 1. The Morgan fingerprint density at radius 3 is 2.39 bits per heavy atom. The SMILES string of the molecule is CC(C)(C)c1cc2n(n1)CC(C)(C(=O)NC1CCCCCC1)N(c1ccc(F)cc1F)C2=O. The van der Waals surface area contributed by atoms with Gasteiger partial charge in [0, 0.05) is 17.5 Å². The van der Waals surface area contributed by atoms with E-state index >= 15 is 0 Å². The third-order valence-electron chi connectivity index (χ3n) is 6.75. The van der Waals surface area contributed by atoms with E-state index in [-0.39, 0.29) is 35.3 Å². The maximum atomic E-state index is 14.9. The Morgan fingerprint density at radius 1 is 1.12 bits per heavy atom. The molecule has 2 heterocycles. The third-order valence-corrected chi connectivity index (χ3v) is 6.75. The minimum atomic E-state index is -1.43. The second-order valence-corrected chi connectivity index (χ2v) is 10.5. The summed E-state index contributed by atoms with van der Waals surface area (Å²) in [6.07, 6.45) is 6.11. The predicted molar refractivity (Wildman–Crippen MR) is 122 cm³/mol. The van der Waals surface area contributed by atoms with Crippen LogP contribution in [0.3, 0.4) is 0 Å². The van der Waals surface area contributed by atoms with Crippen molar-refractivity contribution in [1.82, 2.24) is 15.1 Å². The van der Waals surface area contributed by atoms with Gasteiger partial charge in [0.2, 0.25) is 5.91 Å². The number of anilines is 1. The van der Waals surface area contributed by atoms with Gasteiger partial charge in [-0.05, 0) is 38.0 Å². The van der Waals surface area contributed by atoms with Gasteiger partial charge in [0.1, 0.15) is 22.9 Å². The molecule has 1 aliphatic heterocycles. The van der Waals surface area contributed by atoms with Crippen LogP contribution in [0.15, 0.2) is 24.3 Å². The number of benzene rings is 1. The van der Waals surface area contributed by atoms with Crippen LogP contribution in [-0.2, 0) is 16.8 Å². The topological polar surface area (TPSA) is 67.2 Å². The summed E-state index contributed by atoms with van der Waals surface area (Å²) in [4.78, 5) is 28.5. The molecule has 1 atom stereocenters. The first-order chi connectivity index (χ1) is 15.5. The van der Waals surface area contributed by atoms with Crippen LogP contribution in [0.1, 0.15) is 82.4 Å². The van der Waals surface area contributed by atoms with E-state index < -0.39 is 23.1 Å². The Labute approximate surface area is 193 Å². The number of nitrogens with one attached hydrogen (secondary N) is 1. The molecule has 4 rings (SSSR count). The van der Waals surface area contributed by atoms with E-state index in [0.29, 0.717) is 5.69 Å². The predicted octanol–water partition coefficient (Wildman–Crippen LogP) is 4.72. The van der Waals surface area contributed by atoms with Crippen LogP contribution >= 0.6 is 0 Å². The van der Waals surface area contributed by atoms with E-state index in [2.05, 4.69) is 10.4 Å². The smallest absolute Gasteiger partial charge is 0.277 e. The molecule has 0 radical (unpaired) electrons. The number of hydrogen-bond acceptors (Lipinski definition) is 3. The van der Waals surface area contributed by atoms with E-state index in [0.717, 1.165) is 50.7 Å². The first kappa shape index (κ1) is 23.4. The molecule has 1 unspecified atom stereocenters. The van der Waals surface area contributed by atoms with Crippen molar-refractivity contribution < 1.29 is 18.4 Å². The highest BCUT2D eigenvalue weighted by Crippen LogP contribution is 2.36. The molecule has 2 amide bonds. The van der Waals surface area contributed by atoms with Crippen LogP contribution in [0.25, 0.3) is 0 Å². The lowest BCUT2D eigenvalue weighted by atomic mass is 9.91. The minimum Gasteiger partial charge on any atom is -0.351 e. The summed E-state index contributed by atoms with van der Waals surface area (Å²) in [5.41, 5.74) is -0.877. The molecule has 0 spiro atoms. The van der Waals surface area contributed by atoms with Gasteiger partial charge in [0.25, 0.3) is 5.91 Å². The molecular formula is C25H32F2N4O2. The van der Waals surface area contributed by atoms with Crippen LogP contribution in [0.2, 0.25) is 0 Å². The zero-order valence-corrected chi connectivity index (χ0v) is 19.8. The van der Waals surface area contributed by atoms with Crippen molar-refractivity contribution in [3.63, 3.8) is 0 Å². The van der Waals surface area contributed by atoms with Crippen molar-refractivity contribution in [3.05, 3.63) is 47.3 Å². The van der Waals surface area contributed by atoms with Gasteiger partial charge in [0.15, 0.2) is 0 Å². The van der Waals surface area contributed by atoms with Crippen LogP contribution in [-0.4, -0.2) is 33.2 Å². The summed E-state index contributed by atoms with van der Waals surface area (Å²) >= 11 is 0. The molecule has 2 aromatic rings. The molecule has 0 saturated heterocycles. The maximum absolute atomic E-state index is 14.9. The quantitative estimate of drug-likeness (QED) is 0.677. The standard InChI is InChI=1S/C25H32F2N4O2/c1-24(2,3)21-14-20-22(32)31(19-12-11-16(26)13-18(19)27)25(4,15-30(20)29-21)23(33)28-17-9-7-5-6-8-10-17/h11-14,17H,5-10,15H2,1-4H3,(H,28,33). The summed E-state index contributed by atoms with van der Waals surface area (Å²) in [7, 11) is 0. The average Bonchev–Trinajstić information content (AvgIpc) is 3.00. The molecule has 2 aliphatic rings. The molecule has 1 N–H and O–H groups in total. The zero-order chi connectivity index (χ0) is 24.0. The van der Waals surface area contributed by atoms with Crippen LogP contribution in [0.5, 0.6) is 0 Å². The van der Waals surface area contributed by atoms with Crippen molar-refractivity contribution >= 4 is 17.5 Å². The van der Waals surface area contributed by atoms with Crippen LogP contribution in [0.4, 0.5) is 14.5 Å². The molecule has 1 saturated carbocycles. The first-order valence-electron chi connectivity index (χ1n) is 11.7. The molecule has 0 bridgehead atoms. The Hall–Kier alpha value is -2.77. The van der Waals surface area contributed by atoms with E-state index in [4.69, 9.17) is 0 Å².